The zero-order valence-electron chi connectivity index (χ0n) is 19.6. The van der Waals surface area contributed by atoms with E-state index in [9.17, 15) is 0 Å². The predicted molar refractivity (Wildman–Crippen MR) is 134 cm³/mol. The van der Waals surface area contributed by atoms with E-state index in [0.717, 1.165) is 59.3 Å². The Bertz CT molecular complexity index is 1500. The highest BCUT2D eigenvalue weighted by Crippen LogP contribution is 2.36. The molecule has 0 radical (unpaired) electrons. The van der Waals surface area contributed by atoms with Crippen LogP contribution in [0.5, 0.6) is 11.5 Å². The number of ether oxygens (including phenoxy) is 2. The Kier molecular flexibility index (Phi) is 5.46. The van der Waals surface area contributed by atoms with Gasteiger partial charge in [0.1, 0.15) is 17.2 Å². The minimum atomic E-state index is 0.297. The van der Waals surface area contributed by atoms with Crippen molar-refractivity contribution in [3.63, 3.8) is 0 Å². The van der Waals surface area contributed by atoms with Gasteiger partial charge < -0.3 is 24.5 Å². The first kappa shape index (κ1) is 21.4. The van der Waals surface area contributed by atoms with Crippen molar-refractivity contribution >= 4 is 28.0 Å². The summed E-state index contributed by atoms with van der Waals surface area (Å²) in [5.41, 5.74) is 3.40. The van der Waals surface area contributed by atoms with Gasteiger partial charge >= 0.3 is 0 Å². The van der Waals surface area contributed by atoms with E-state index in [4.69, 9.17) is 23.9 Å². The van der Waals surface area contributed by atoms with Gasteiger partial charge in [-0.3, -0.25) is 4.57 Å². The molecule has 0 bridgehead atoms. The number of hydrogen-bond donors (Lipinski definition) is 2. The minimum Gasteiger partial charge on any atom is -0.493 e. The Morgan fingerprint density at radius 1 is 1.06 bits per heavy atom. The zero-order valence-corrected chi connectivity index (χ0v) is 19.6. The molecule has 1 fully saturated rings. The largest absolute Gasteiger partial charge is 0.493 e. The summed E-state index contributed by atoms with van der Waals surface area (Å²) in [5, 5.41) is 7.90. The second-order valence-electron chi connectivity index (χ2n) is 8.57. The normalized spacial score (nSPS) is 16.0. The fraction of sp³-hybridized carbons (Fsp3) is 0.269. The number of aromatic nitrogens is 4. The van der Waals surface area contributed by atoms with E-state index >= 15 is 0 Å². The fourth-order valence-corrected chi connectivity index (χ4v) is 4.64. The van der Waals surface area contributed by atoms with E-state index in [1.807, 2.05) is 41.0 Å². The average molecular weight is 471 g/mol. The first-order valence-corrected chi connectivity index (χ1v) is 11.7. The molecule has 178 valence electrons. The molecule has 5 aromatic rings. The molecular formula is C26H26N6O3. The van der Waals surface area contributed by atoms with Gasteiger partial charge in [-0.05, 0) is 49.7 Å². The molecule has 1 aliphatic rings. The molecule has 35 heavy (non-hydrogen) atoms. The lowest BCUT2D eigenvalue weighted by molar-refractivity contribution is 0.355. The van der Waals surface area contributed by atoms with E-state index in [1.165, 1.54) is 0 Å². The summed E-state index contributed by atoms with van der Waals surface area (Å²) in [6, 6.07) is 14.0. The van der Waals surface area contributed by atoms with Gasteiger partial charge in [-0.25, -0.2) is 9.97 Å². The fourth-order valence-electron chi connectivity index (χ4n) is 4.64. The smallest absolute Gasteiger partial charge is 0.224 e. The van der Waals surface area contributed by atoms with Crippen molar-refractivity contribution in [2.24, 2.45) is 0 Å². The first-order valence-electron chi connectivity index (χ1n) is 11.7. The topological polar surface area (TPSA) is 99.3 Å². The molecule has 0 amide bonds. The molecule has 9 nitrogen and oxygen atoms in total. The second kappa shape index (κ2) is 8.92. The van der Waals surface area contributed by atoms with Crippen LogP contribution in [0, 0.1) is 0 Å². The molecule has 1 unspecified atom stereocenters. The minimum absolute atomic E-state index is 0.297. The Hall–Kier alpha value is -4.11. The van der Waals surface area contributed by atoms with Crippen molar-refractivity contribution in [3.8, 4) is 28.7 Å². The number of nitrogens with zero attached hydrogens (tertiary/aromatic N) is 4. The van der Waals surface area contributed by atoms with Gasteiger partial charge in [-0.15, -0.1) is 0 Å². The number of rotatable bonds is 6. The van der Waals surface area contributed by atoms with Crippen LogP contribution in [0.3, 0.4) is 0 Å². The van der Waals surface area contributed by atoms with Gasteiger partial charge in [-0.2, -0.15) is 4.98 Å². The number of methoxy groups -OCH3 is 2. The molecule has 0 aliphatic carbocycles. The van der Waals surface area contributed by atoms with Gasteiger partial charge in [0.25, 0.3) is 0 Å². The Labute approximate surface area is 202 Å². The average Bonchev–Trinajstić information content (AvgIpc) is 3.52. The Balaban J connectivity index is 1.52. The maximum Gasteiger partial charge on any atom is 0.224 e. The number of nitrogens with one attached hydrogen (secondary N) is 2. The molecule has 2 N–H and O–H groups in total. The predicted octanol–water partition coefficient (Wildman–Crippen LogP) is 4.41. The van der Waals surface area contributed by atoms with E-state index < -0.39 is 0 Å². The summed E-state index contributed by atoms with van der Waals surface area (Å²) in [7, 11) is 3.25. The number of anilines is 1. The summed E-state index contributed by atoms with van der Waals surface area (Å²) >= 11 is 0. The molecule has 4 heterocycles. The number of benzene rings is 2. The maximum absolute atomic E-state index is 5.59. The maximum atomic E-state index is 5.59. The monoisotopic (exact) mass is 470 g/mol. The van der Waals surface area contributed by atoms with Crippen molar-refractivity contribution in [1.82, 2.24) is 24.8 Å². The molecule has 1 aliphatic heterocycles. The van der Waals surface area contributed by atoms with Crippen LogP contribution in [0.15, 0.2) is 59.3 Å². The van der Waals surface area contributed by atoms with Gasteiger partial charge in [0.05, 0.1) is 31.5 Å². The van der Waals surface area contributed by atoms with Crippen molar-refractivity contribution in [1.29, 1.82) is 0 Å². The van der Waals surface area contributed by atoms with Crippen molar-refractivity contribution in [2.75, 3.05) is 32.6 Å². The summed E-state index contributed by atoms with van der Waals surface area (Å²) in [6.45, 7) is 1.95. The molecular weight excluding hydrogens is 444 g/mol. The van der Waals surface area contributed by atoms with Gasteiger partial charge in [0.2, 0.25) is 5.95 Å². The lowest BCUT2D eigenvalue weighted by atomic mass is 10.1. The second-order valence-corrected chi connectivity index (χ2v) is 8.57. The quantitative estimate of drug-likeness (QED) is 0.377. The molecule has 1 saturated heterocycles. The zero-order chi connectivity index (χ0) is 23.8. The van der Waals surface area contributed by atoms with Crippen LogP contribution >= 0.6 is 0 Å². The number of hydrogen-bond acceptors (Lipinski definition) is 8. The summed E-state index contributed by atoms with van der Waals surface area (Å²) in [6.07, 6.45) is 5.68. The molecule has 0 spiro atoms. The van der Waals surface area contributed by atoms with Gasteiger partial charge in [0.15, 0.2) is 11.5 Å². The van der Waals surface area contributed by atoms with Crippen LogP contribution in [-0.4, -0.2) is 52.9 Å². The summed E-state index contributed by atoms with van der Waals surface area (Å²) < 4.78 is 18.7. The number of fused-ring (bicyclic) bond motifs is 2. The standard InChI is InChI=1S/C26H26N6O3/c1-33-22-13-19-20(14-23(22)34-2)32(25(30-19)17-5-6-21-16(12-17)8-11-35-21)24-7-10-28-26(31-24)29-18-4-3-9-27-15-18/h5-8,10-14,18,27H,3-4,9,15H2,1-2H3,(H,28,29,31). The lowest BCUT2D eigenvalue weighted by Gasteiger charge is -2.23. The molecule has 1 atom stereocenters. The SMILES string of the molecule is COc1cc2nc(-c3ccc4occc4c3)n(-c3ccnc(NC4CCCNC4)n3)c2cc1OC. The van der Waals surface area contributed by atoms with Crippen LogP contribution < -0.4 is 20.1 Å². The van der Waals surface area contributed by atoms with Crippen LogP contribution in [0.4, 0.5) is 5.95 Å². The highest BCUT2D eigenvalue weighted by atomic mass is 16.5. The lowest BCUT2D eigenvalue weighted by Crippen LogP contribution is -2.38. The van der Waals surface area contributed by atoms with Crippen molar-refractivity contribution in [2.45, 2.75) is 18.9 Å². The molecule has 9 heteroatoms. The summed E-state index contributed by atoms with van der Waals surface area (Å²) in [4.78, 5) is 14.3. The Morgan fingerprint density at radius 2 is 1.94 bits per heavy atom. The van der Waals surface area contributed by atoms with Crippen LogP contribution in [-0.2, 0) is 0 Å². The Morgan fingerprint density at radius 3 is 2.77 bits per heavy atom. The van der Waals surface area contributed by atoms with Crippen LogP contribution in [0.1, 0.15) is 12.8 Å². The van der Waals surface area contributed by atoms with Crippen molar-refractivity contribution in [3.05, 3.63) is 54.9 Å². The van der Waals surface area contributed by atoms with E-state index in [2.05, 4.69) is 21.7 Å². The van der Waals surface area contributed by atoms with Gasteiger partial charge in [-0.1, -0.05) is 0 Å². The highest BCUT2D eigenvalue weighted by molar-refractivity contribution is 5.88. The first-order chi connectivity index (χ1) is 17.2. The highest BCUT2D eigenvalue weighted by Gasteiger charge is 2.20. The number of piperidine rings is 1. The van der Waals surface area contributed by atoms with Crippen molar-refractivity contribution < 1.29 is 13.9 Å². The van der Waals surface area contributed by atoms with Crippen LogP contribution in [0.2, 0.25) is 0 Å². The molecule has 3 aromatic heterocycles. The summed E-state index contributed by atoms with van der Waals surface area (Å²) in [5.74, 6) is 3.30. The molecule has 2 aromatic carbocycles. The van der Waals surface area contributed by atoms with E-state index in [1.54, 1.807) is 26.7 Å². The number of furan rings is 1. The van der Waals surface area contributed by atoms with Crippen LogP contribution in [0.25, 0.3) is 39.2 Å². The molecule has 0 saturated carbocycles. The van der Waals surface area contributed by atoms with E-state index in [0.29, 0.717) is 29.3 Å². The van der Waals surface area contributed by atoms with Gasteiger partial charge in [0, 0.05) is 41.9 Å². The van der Waals surface area contributed by atoms with E-state index in [-0.39, 0.29) is 0 Å². The third kappa shape index (κ3) is 3.93. The third-order valence-electron chi connectivity index (χ3n) is 6.37. The molecule has 6 rings (SSSR count). The number of imidazole rings is 1. The third-order valence-corrected chi connectivity index (χ3v) is 6.37.